The maximum Gasteiger partial charge on any atom is 0.335 e. The van der Waals surface area contributed by atoms with Crippen LogP contribution < -0.4 is 5.32 Å². The van der Waals surface area contributed by atoms with Gasteiger partial charge in [0, 0.05) is 29.7 Å². The van der Waals surface area contributed by atoms with E-state index in [0.717, 1.165) is 58.9 Å². The van der Waals surface area contributed by atoms with Gasteiger partial charge in [0.05, 0.1) is 16.6 Å². The quantitative estimate of drug-likeness (QED) is 0.308. The van der Waals surface area contributed by atoms with Crippen LogP contribution in [0.2, 0.25) is 5.02 Å². The second kappa shape index (κ2) is 10.00. The number of halogens is 1. The Bertz CT molecular complexity index is 1310. The average molecular weight is 474 g/mol. The van der Waals surface area contributed by atoms with Gasteiger partial charge in [-0.2, -0.15) is 0 Å². The van der Waals surface area contributed by atoms with Gasteiger partial charge in [-0.25, -0.2) is 9.78 Å². The molecular weight excluding hydrogens is 446 g/mol. The normalized spacial score (nSPS) is 14.5. The summed E-state index contributed by atoms with van der Waals surface area (Å²) in [6.45, 7) is 1.51. The van der Waals surface area contributed by atoms with Crippen LogP contribution >= 0.6 is 11.6 Å². The summed E-state index contributed by atoms with van der Waals surface area (Å²) < 4.78 is 2.34. The summed E-state index contributed by atoms with van der Waals surface area (Å²) in [4.78, 5) is 16.4. The molecule has 0 aliphatic heterocycles. The summed E-state index contributed by atoms with van der Waals surface area (Å²) in [6.07, 6.45) is 5.97. The molecule has 2 N–H and O–H groups in total. The molecule has 6 heteroatoms. The topological polar surface area (TPSA) is 67.2 Å². The number of hydrogen-bond acceptors (Lipinski definition) is 3. The van der Waals surface area contributed by atoms with Gasteiger partial charge in [0.25, 0.3) is 0 Å². The number of aromatic nitrogens is 2. The third kappa shape index (κ3) is 4.86. The molecule has 0 atom stereocenters. The van der Waals surface area contributed by atoms with Crippen LogP contribution in [-0.2, 0) is 13.1 Å². The van der Waals surface area contributed by atoms with Crippen LogP contribution in [0.1, 0.15) is 59.6 Å². The van der Waals surface area contributed by atoms with Crippen LogP contribution in [-0.4, -0.2) is 20.6 Å². The molecular formula is C28H28ClN3O2. The standard InChI is InChI=1S/C28H28ClN3O2/c29-23-6-4-5-20(15-23)18-30-17-19-9-11-21(12-10-19)27-31-25-16-22(28(33)34)13-14-26(25)32(27)24-7-2-1-3-8-24/h4-6,9-16,24,30H,1-3,7-8,17-18H2,(H,33,34). The van der Waals surface area contributed by atoms with Gasteiger partial charge >= 0.3 is 5.97 Å². The number of benzene rings is 3. The predicted octanol–water partition coefficient (Wildman–Crippen LogP) is 6.85. The molecule has 1 aliphatic carbocycles. The zero-order valence-electron chi connectivity index (χ0n) is 19.0. The largest absolute Gasteiger partial charge is 0.478 e. The van der Waals surface area contributed by atoms with Gasteiger partial charge in [-0.1, -0.05) is 67.3 Å². The Morgan fingerprint density at radius 3 is 2.47 bits per heavy atom. The summed E-state index contributed by atoms with van der Waals surface area (Å²) in [5.74, 6) is -0.00633. The minimum Gasteiger partial charge on any atom is -0.478 e. The van der Waals surface area contributed by atoms with Crippen molar-refractivity contribution < 1.29 is 9.90 Å². The van der Waals surface area contributed by atoms with E-state index in [-0.39, 0.29) is 5.56 Å². The number of carbonyl (C=O) groups is 1. The fourth-order valence-electron chi connectivity index (χ4n) is 4.91. The maximum absolute atomic E-state index is 11.5. The molecule has 3 aromatic carbocycles. The predicted molar refractivity (Wildman–Crippen MR) is 136 cm³/mol. The molecule has 1 fully saturated rings. The highest BCUT2D eigenvalue weighted by Crippen LogP contribution is 2.36. The number of carboxylic acids is 1. The van der Waals surface area contributed by atoms with Gasteiger partial charge in [0.15, 0.2) is 0 Å². The Balaban J connectivity index is 1.40. The van der Waals surface area contributed by atoms with Crippen molar-refractivity contribution in [1.29, 1.82) is 0 Å². The zero-order valence-corrected chi connectivity index (χ0v) is 19.8. The highest BCUT2D eigenvalue weighted by molar-refractivity contribution is 6.30. The number of imidazole rings is 1. The first-order valence-electron chi connectivity index (χ1n) is 11.9. The number of hydrogen-bond donors (Lipinski definition) is 2. The molecule has 1 heterocycles. The molecule has 1 aromatic heterocycles. The molecule has 0 spiro atoms. The third-order valence-electron chi connectivity index (χ3n) is 6.64. The first-order valence-corrected chi connectivity index (χ1v) is 12.3. The summed E-state index contributed by atoms with van der Waals surface area (Å²) in [5, 5.41) is 13.6. The molecule has 0 radical (unpaired) electrons. The van der Waals surface area contributed by atoms with Crippen LogP contribution in [0.15, 0.2) is 66.7 Å². The van der Waals surface area contributed by atoms with Crippen LogP contribution in [0.4, 0.5) is 0 Å². The van der Waals surface area contributed by atoms with E-state index in [1.807, 2.05) is 24.3 Å². The minimum absolute atomic E-state index is 0.272. The monoisotopic (exact) mass is 473 g/mol. The van der Waals surface area contributed by atoms with Gasteiger partial charge < -0.3 is 15.0 Å². The van der Waals surface area contributed by atoms with Crippen molar-refractivity contribution in [1.82, 2.24) is 14.9 Å². The molecule has 0 bridgehead atoms. The lowest BCUT2D eigenvalue weighted by Gasteiger charge is -2.25. The molecule has 174 valence electrons. The summed E-state index contributed by atoms with van der Waals surface area (Å²) >= 11 is 6.07. The SMILES string of the molecule is O=C(O)c1ccc2c(c1)nc(-c1ccc(CNCc3cccc(Cl)c3)cc1)n2C1CCCCC1. The van der Waals surface area contributed by atoms with E-state index in [0.29, 0.717) is 6.04 Å². The lowest BCUT2D eigenvalue weighted by Crippen LogP contribution is -2.14. The maximum atomic E-state index is 11.5. The highest BCUT2D eigenvalue weighted by Gasteiger charge is 2.23. The van der Waals surface area contributed by atoms with Crippen molar-refractivity contribution in [3.8, 4) is 11.4 Å². The smallest absolute Gasteiger partial charge is 0.335 e. The lowest BCUT2D eigenvalue weighted by molar-refractivity contribution is 0.0697. The molecule has 1 saturated carbocycles. The Labute approximate surface area is 204 Å². The van der Waals surface area contributed by atoms with E-state index in [1.54, 1.807) is 12.1 Å². The molecule has 0 unspecified atom stereocenters. The Morgan fingerprint density at radius 1 is 0.971 bits per heavy atom. The van der Waals surface area contributed by atoms with Crippen LogP contribution in [0.3, 0.4) is 0 Å². The Kier molecular flexibility index (Phi) is 6.66. The first kappa shape index (κ1) is 22.6. The van der Waals surface area contributed by atoms with E-state index in [9.17, 15) is 9.90 Å². The Morgan fingerprint density at radius 2 is 1.74 bits per heavy atom. The van der Waals surface area contributed by atoms with Gasteiger partial charge in [-0.05, 0) is 54.3 Å². The molecule has 0 amide bonds. The van der Waals surface area contributed by atoms with Crippen LogP contribution in [0.5, 0.6) is 0 Å². The van der Waals surface area contributed by atoms with Crippen molar-refractivity contribution in [3.05, 3.63) is 88.4 Å². The first-order chi connectivity index (χ1) is 16.6. The molecule has 5 rings (SSSR count). The summed E-state index contributed by atoms with van der Waals surface area (Å²) in [5.41, 5.74) is 5.43. The number of rotatable bonds is 7. The molecule has 5 nitrogen and oxygen atoms in total. The van der Waals surface area contributed by atoms with Gasteiger partial charge in [0.2, 0.25) is 0 Å². The number of nitrogens with one attached hydrogen (secondary N) is 1. The van der Waals surface area contributed by atoms with Crippen molar-refractivity contribution in [3.63, 3.8) is 0 Å². The van der Waals surface area contributed by atoms with Crippen molar-refractivity contribution in [2.24, 2.45) is 0 Å². The Hall–Kier alpha value is -3.15. The van der Waals surface area contributed by atoms with E-state index in [4.69, 9.17) is 16.6 Å². The van der Waals surface area contributed by atoms with Gasteiger partial charge in [-0.15, -0.1) is 0 Å². The van der Waals surface area contributed by atoms with Crippen molar-refractivity contribution in [2.45, 2.75) is 51.2 Å². The van der Waals surface area contributed by atoms with Gasteiger partial charge in [-0.3, -0.25) is 0 Å². The van der Waals surface area contributed by atoms with Gasteiger partial charge in [0.1, 0.15) is 5.82 Å². The average Bonchev–Trinajstić information content (AvgIpc) is 3.24. The molecule has 34 heavy (non-hydrogen) atoms. The molecule has 4 aromatic rings. The summed E-state index contributed by atoms with van der Waals surface area (Å²) in [7, 11) is 0. The van der Waals surface area contributed by atoms with E-state index >= 15 is 0 Å². The number of carboxylic acid groups (broad SMARTS) is 1. The second-order valence-corrected chi connectivity index (χ2v) is 9.47. The number of nitrogens with zero attached hydrogens (tertiary/aromatic N) is 2. The van der Waals surface area contributed by atoms with Crippen molar-refractivity contribution in [2.75, 3.05) is 0 Å². The van der Waals surface area contributed by atoms with E-state index < -0.39 is 5.97 Å². The molecule has 1 aliphatic rings. The van der Waals surface area contributed by atoms with Crippen LogP contribution in [0, 0.1) is 0 Å². The number of aromatic carboxylic acids is 1. The lowest BCUT2D eigenvalue weighted by atomic mass is 9.94. The number of fused-ring (bicyclic) bond motifs is 1. The summed E-state index contributed by atoms with van der Waals surface area (Å²) in [6, 6.07) is 22.1. The minimum atomic E-state index is -0.926. The fourth-order valence-corrected chi connectivity index (χ4v) is 5.13. The zero-order chi connectivity index (χ0) is 23.5. The van der Waals surface area contributed by atoms with Crippen LogP contribution in [0.25, 0.3) is 22.4 Å². The molecule has 0 saturated heterocycles. The van der Waals surface area contributed by atoms with E-state index in [1.165, 1.54) is 24.8 Å². The fraction of sp³-hybridized carbons (Fsp3) is 0.286. The second-order valence-electron chi connectivity index (χ2n) is 9.04. The van der Waals surface area contributed by atoms with E-state index in [2.05, 4.69) is 40.2 Å². The third-order valence-corrected chi connectivity index (χ3v) is 6.87. The highest BCUT2D eigenvalue weighted by atomic mass is 35.5. The van der Waals surface area contributed by atoms with Crippen molar-refractivity contribution >= 4 is 28.6 Å².